The summed E-state index contributed by atoms with van der Waals surface area (Å²) in [5.74, 6) is -2.64. The lowest BCUT2D eigenvalue weighted by Crippen LogP contribution is -2.65. The first-order valence-corrected chi connectivity index (χ1v) is 5.66. The van der Waals surface area contributed by atoms with E-state index in [-0.39, 0.29) is 11.1 Å². The van der Waals surface area contributed by atoms with Crippen molar-refractivity contribution in [1.29, 1.82) is 0 Å². The third-order valence-corrected chi connectivity index (χ3v) is 3.08. The summed E-state index contributed by atoms with van der Waals surface area (Å²) in [5.41, 5.74) is 7.84. The van der Waals surface area contributed by atoms with Gasteiger partial charge in [-0.3, -0.25) is 0 Å². The Morgan fingerprint density at radius 2 is 1.65 bits per heavy atom. The zero-order chi connectivity index (χ0) is 15.2. The van der Waals surface area contributed by atoms with E-state index in [0.29, 0.717) is 0 Å². The van der Waals surface area contributed by atoms with Crippen LogP contribution in [0.2, 0.25) is 0 Å². The molecule has 1 aromatic rings. The van der Waals surface area contributed by atoms with Crippen molar-refractivity contribution in [1.82, 2.24) is 0 Å². The summed E-state index contributed by atoms with van der Waals surface area (Å²) in [4.78, 5) is 0. The van der Waals surface area contributed by atoms with E-state index >= 15 is 0 Å². The summed E-state index contributed by atoms with van der Waals surface area (Å²) < 4.78 is 38.8. The maximum Gasteiger partial charge on any atom is 0.417 e. The quantitative estimate of drug-likeness (QED) is 0.578. The van der Waals surface area contributed by atoms with Gasteiger partial charge in [0, 0.05) is 0 Å². The van der Waals surface area contributed by atoms with Gasteiger partial charge in [-0.2, -0.15) is 13.2 Å². The number of nitrogens with two attached hydrogens (primary N) is 2. The molecular weight excluding hydrogens is 273 g/mol. The van der Waals surface area contributed by atoms with Gasteiger partial charge in [0.15, 0.2) is 0 Å². The lowest BCUT2D eigenvalue weighted by atomic mass is 9.87. The monoisotopic (exact) mass is 286 g/mol. The molecule has 0 saturated heterocycles. The molecule has 0 spiro atoms. The highest BCUT2D eigenvalue weighted by molar-refractivity contribution is 5.78. The van der Waals surface area contributed by atoms with Crippen molar-refractivity contribution in [3.63, 3.8) is 0 Å². The van der Waals surface area contributed by atoms with Crippen LogP contribution in [0.4, 0.5) is 13.2 Å². The zero-order valence-electron chi connectivity index (χ0n) is 10.2. The highest BCUT2D eigenvalue weighted by atomic mass is 19.4. The largest absolute Gasteiger partial charge is 0.417 e. The molecule has 20 heavy (non-hydrogen) atoms. The van der Waals surface area contributed by atoms with Gasteiger partial charge in [0.25, 0.3) is 0 Å². The Bertz CT molecular complexity index is 590. The second-order valence-corrected chi connectivity index (χ2v) is 4.64. The molecular formula is C13H13F3N2O2. The molecule has 2 rings (SSSR count). The fourth-order valence-electron chi connectivity index (χ4n) is 1.89. The molecule has 0 aliphatic heterocycles. The van der Waals surface area contributed by atoms with Crippen molar-refractivity contribution >= 4 is 5.57 Å². The predicted molar refractivity (Wildman–Crippen MR) is 66.8 cm³/mol. The fraction of sp³-hybridized carbons (Fsp3) is 0.231. The van der Waals surface area contributed by atoms with Gasteiger partial charge in [0.1, 0.15) is 5.66 Å². The van der Waals surface area contributed by atoms with Crippen LogP contribution >= 0.6 is 0 Å². The molecule has 4 nitrogen and oxygen atoms in total. The number of allylic oxidation sites excluding steroid dienone is 2. The lowest BCUT2D eigenvalue weighted by Gasteiger charge is -2.36. The Kier molecular flexibility index (Phi) is 3.26. The van der Waals surface area contributed by atoms with Gasteiger partial charge in [-0.1, -0.05) is 24.3 Å². The number of hydrogen-bond donors (Lipinski definition) is 4. The van der Waals surface area contributed by atoms with Crippen molar-refractivity contribution in [2.45, 2.75) is 17.6 Å². The summed E-state index contributed by atoms with van der Waals surface area (Å²) in [6, 6.07) is 4.81. The smallest absolute Gasteiger partial charge is 0.360 e. The van der Waals surface area contributed by atoms with Crippen LogP contribution in [-0.4, -0.2) is 21.7 Å². The Balaban J connectivity index is 2.55. The Morgan fingerprint density at radius 1 is 1.05 bits per heavy atom. The minimum atomic E-state index is -4.56. The van der Waals surface area contributed by atoms with Crippen LogP contribution in [0.5, 0.6) is 0 Å². The molecule has 0 aromatic heterocycles. The topological polar surface area (TPSA) is 92.5 Å². The first-order chi connectivity index (χ1) is 9.05. The first kappa shape index (κ1) is 14.7. The minimum Gasteiger partial charge on any atom is -0.360 e. The molecule has 0 fully saturated rings. The van der Waals surface area contributed by atoms with E-state index < -0.39 is 23.2 Å². The third-order valence-electron chi connectivity index (χ3n) is 3.08. The number of benzene rings is 1. The van der Waals surface area contributed by atoms with E-state index in [1.807, 2.05) is 0 Å². The van der Waals surface area contributed by atoms with Crippen LogP contribution in [-0.2, 0) is 6.18 Å². The molecule has 108 valence electrons. The average Bonchev–Trinajstić information content (AvgIpc) is 2.32. The fourth-order valence-corrected chi connectivity index (χ4v) is 1.89. The maximum atomic E-state index is 12.9. The van der Waals surface area contributed by atoms with Crippen LogP contribution in [0, 0.1) is 0 Å². The van der Waals surface area contributed by atoms with Crippen molar-refractivity contribution in [2.75, 3.05) is 0 Å². The van der Waals surface area contributed by atoms with Gasteiger partial charge in [0.05, 0.1) is 5.56 Å². The van der Waals surface area contributed by atoms with Gasteiger partial charge in [-0.15, -0.1) is 0 Å². The molecule has 1 aromatic carbocycles. The highest BCUT2D eigenvalue weighted by Crippen LogP contribution is 2.37. The van der Waals surface area contributed by atoms with Gasteiger partial charge in [-0.25, -0.2) is 0 Å². The molecule has 7 heteroatoms. The van der Waals surface area contributed by atoms with E-state index in [9.17, 15) is 23.4 Å². The molecule has 0 heterocycles. The van der Waals surface area contributed by atoms with E-state index in [4.69, 9.17) is 11.5 Å². The van der Waals surface area contributed by atoms with Gasteiger partial charge in [-0.05, 0) is 29.4 Å². The van der Waals surface area contributed by atoms with E-state index in [0.717, 1.165) is 18.2 Å². The molecule has 0 radical (unpaired) electrons. The molecule has 0 amide bonds. The number of halogens is 3. The molecule has 1 aliphatic rings. The lowest BCUT2D eigenvalue weighted by molar-refractivity contribution is -0.156. The highest BCUT2D eigenvalue weighted by Gasteiger charge is 2.43. The van der Waals surface area contributed by atoms with E-state index in [2.05, 4.69) is 0 Å². The van der Waals surface area contributed by atoms with Crippen LogP contribution in [0.15, 0.2) is 42.5 Å². The molecule has 0 bridgehead atoms. The van der Waals surface area contributed by atoms with Crippen molar-refractivity contribution in [3.05, 3.63) is 53.6 Å². The molecule has 0 atom stereocenters. The van der Waals surface area contributed by atoms with Crippen LogP contribution < -0.4 is 11.5 Å². The SMILES string of the molecule is NC1(N)C=CC(c2ccccc2C(F)(F)F)=CC1(O)O. The summed E-state index contributed by atoms with van der Waals surface area (Å²) in [6.45, 7) is 0. The van der Waals surface area contributed by atoms with E-state index in [1.165, 1.54) is 24.3 Å². The van der Waals surface area contributed by atoms with Gasteiger partial charge >= 0.3 is 6.18 Å². The van der Waals surface area contributed by atoms with Crippen molar-refractivity contribution in [3.8, 4) is 0 Å². The number of alkyl halides is 3. The predicted octanol–water partition coefficient (Wildman–Crippen LogP) is 0.953. The first-order valence-electron chi connectivity index (χ1n) is 5.66. The van der Waals surface area contributed by atoms with E-state index in [1.54, 1.807) is 0 Å². The second-order valence-electron chi connectivity index (χ2n) is 4.64. The Morgan fingerprint density at radius 3 is 2.20 bits per heavy atom. The van der Waals surface area contributed by atoms with Crippen molar-refractivity contribution < 1.29 is 23.4 Å². The average molecular weight is 286 g/mol. The van der Waals surface area contributed by atoms with Gasteiger partial charge in [0.2, 0.25) is 5.79 Å². The number of rotatable bonds is 1. The minimum absolute atomic E-state index is 0.0190. The summed E-state index contributed by atoms with van der Waals surface area (Å²) in [6.07, 6.45) is -1.47. The Hall–Kier alpha value is -1.67. The molecule has 6 N–H and O–H groups in total. The molecule has 0 saturated carbocycles. The zero-order valence-corrected chi connectivity index (χ0v) is 10.2. The summed E-state index contributed by atoms with van der Waals surface area (Å²) in [7, 11) is 0. The molecule has 0 unspecified atom stereocenters. The third kappa shape index (κ3) is 2.48. The summed E-state index contributed by atoms with van der Waals surface area (Å²) in [5, 5.41) is 19.4. The summed E-state index contributed by atoms with van der Waals surface area (Å²) >= 11 is 0. The van der Waals surface area contributed by atoms with Crippen molar-refractivity contribution in [2.24, 2.45) is 11.5 Å². The van der Waals surface area contributed by atoms with Crippen LogP contribution in [0.3, 0.4) is 0 Å². The van der Waals surface area contributed by atoms with Crippen LogP contribution in [0.1, 0.15) is 11.1 Å². The number of aliphatic hydroxyl groups is 2. The van der Waals surface area contributed by atoms with Crippen LogP contribution in [0.25, 0.3) is 5.57 Å². The molecule has 1 aliphatic carbocycles. The number of hydrogen-bond acceptors (Lipinski definition) is 4. The maximum absolute atomic E-state index is 12.9. The van der Waals surface area contributed by atoms with Gasteiger partial charge < -0.3 is 21.7 Å². The Labute approximate surface area is 112 Å². The normalized spacial score (nSPS) is 20.6. The standard InChI is InChI=1S/C13H13F3N2O2/c14-13(15,16)10-4-2-1-3-9(10)8-5-6-11(17,18)12(19,20)7-8/h1-7,19-20H,17-18H2. The second kappa shape index (κ2) is 4.42.